The van der Waals surface area contributed by atoms with Gasteiger partial charge in [-0.2, -0.15) is 4.98 Å². The van der Waals surface area contributed by atoms with Crippen molar-refractivity contribution in [1.82, 2.24) is 20.4 Å². The zero-order valence-electron chi connectivity index (χ0n) is 13.0. The molecule has 8 heteroatoms. The molecule has 1 aliphatic heterocycles. The Balaban J connectivity index is 0.00000192. The largest absolute Gasteiger partial charge is 0.481 e. The number of hydrogen-bond acceptors (Lipinski definition) is 6. The van der Waals surface area contributed by atoms with Gasteiger partial charge in [0, 0.05) is 19.6 Å². The van der Waals surface area contributed by atoms with Gasteiger partial charge in [0.1, 0.15) is 11.6 Å². The predicted octanol–water partition coefficient (Wildman–Crippen LogP) is 2.35. The van der Waals surface area contributed by atoms with E-state index in [2.05, 4.69) is 20.4 Å². The average Bonchev–Trinajstić information content (AvgIpc) is 3.00. The first kappa shape index (κ1) is 17.7. The summed E-state index contributed by atoms with van der Waals surface area (Å²) < 4.78 is 23.9. The highest BCUT2D eigenvalue weighted by Crippen LogP contribution is 2.23. The van der Waals surface area contributed by atoms with Crippen LogP contribution in [-0.4, -0.2) is 41.7 Å². The van der Waals surface area contributed by atoms with Crippen molar-refractivity contribution < 1.29 is 13.7 Å². The van der Waals surface area contributed by atoms with Crippen molar-refractivity contribution in [3.05, 3.63) is 41.8 Å². The van der Waals surface area contributed by atoms with E-state index in [1.165, 1.54) is 12.1 Å². The van der Waals surface area contributed by atoms with E-state index in [-0.39, 0.29) is 24.3 Å². The molecular formula is C15H20ClFN4O2. The fourth-order valence-corrected chi connectivity index (χ4v) is 2.41. The number of aromatic nitrogens is 2. The van der Waals surface area contributed by atoms with Crippen molar-refractivity contribution >= 4 is 12.4 Å². The van der Waals surface area contributed by atoms with Crippen molar-refractivity contribution in [3.63, 3.8) is 0 Å². The second-order valence-electron chi connectivity index (χ2n) is 5.41. The van der Waals surface area contributed by atoms with Gasteiger partial charge in [-0.15, -0.1) is 12.4 Å². The van der Waals surface area contributed by atoms with Crippen molar-refractivity contribution in [1.29, 1.82) is 0 Å². The Labute approximate surface area is 140 Å². The molecule has 1 aliphatic rings. The monoisotopic (exact) mass is 342 g/mol. The number of halogens is 2. The number of likely N-dealkylation sites (N-methyl/N-ethyl adjacent to an activating group) is 1. The maximum absolute atomic E-state index is 12.9. The minimum absolute atomic E-state index is 0. The van der Waals surface area contributed by atoms with Gasteiger partial charge in [-0.25, -0.2) is 4.39 Å². The molecule has 2 aromatic rings. The van der Waals surface area contributed by atoms with Crippen LogP contribution in [0.2, 0.25) is 0 Å². The van der Waals surface area contributed by atoms with Gasteiger partial charge in [-0.3, -0.25) is 4.90 Å². The van der Waals surface area contributed by atoms with E-state index in [9.17, 15) is 4.39 Å². The van der Waals surface area contributed by atoms with E-state index < -0.39 is 6.10 Å². The number of benzene rings is 1. The van der Waals surface area contributed by atoms with E-state index in [1.807, 2.05) is 14.0 Å². The Bertz CT molecular complexity index is 622. The summed E-state index contributed by atoms with van der Waals surface area (Å²) in [6.07, 6.45) is -0.395. The first-order chi connectivity index (χ1) is 10.6. The lowest BCUT2D eigenvalue weighted by Gasteiger charge is -2.30. The van der Waals surface area contributed by atoms with Crippen molar-refractivity contribution in [2.75, 3.05) is 26.7 Å². The summed E-state index contributed by atoms with van der Waals surface area (Å²) >= 11 is 0. The highest BCUT2D eigenvalue weighted by atomic mass is 35.5. The van der Waals surface area contributed by atoms with Gasteiger partial charge < -0.3 is 14.6 Å². The van der Waals surface area contributed by atoms with Crippen molar-refractivity contribution in [2.24, 2.45) is 0 Å². The van der Waals surface area contributed by atoms with Gasteiger partial charge in [-0.1, -0.05) is 5.16 Å². The molecule has 0 radical (unpaired) electrons. The summed E-state index contributed by atoms with van der Waals surface area (Å²) in [4.78, 5) is 6.63. The normalized spacial score (nSPS) is 19.9. The summed E-state index contributed by atoms with van der Waals surface area (Å²) in [6, 6.07) is 5.95. The van der Waals surface area contributed by atoms with Crippen LogP contribution >= 0.6 is 12.4 Å². The minimum Gasteiger partial charge on any atom is -0.481 e. The summed E-state index contributed by atoms with van der Waals surface area (Å²) in [5.41, 5.74) is 0. The second-order valence-corrected chi connectivity index (χ2v) is 5.41. The summed E-state index contributed by atoms with van der Waals surface area (Å²) in [5, 5.41) is 7.38. The molecule has 1 N–H and O–H groups in total. The Kier molecular flexibility index (Phi) is 5.92. The molecule has 1 fully saturated rings. The number of nitrogens with one attached hydrogen (secondary N) is 1. The summed E-state index contributed by atoms with van der Waals surface area (Å²) in [7, 11) is 2.04. The fraction of sp³-hybridized carbons (Fsp3) is 0.467. The Hall–Kier alpha value is -1.70. The molecule has 1 saturated heterocycles. The molecule has 3 rings (SSSR count). The summed E-state index contributed by atoms with van der Waals surface area (Å²) in [6.45, 7) is 4.52. The number of piperazine rings is 1. The van der Waals surface area contributed by atoms with Gasteiger partial charge in [0.15, 0.2) is 11.9 Å². The molecule has 0 saturated carbocycles. The van der Waals surface area contributed by atoms with Crippen LogP contribution in [0.15, 0.2) is 28.8 Å². The molecule has 0 amide bonds. The molecule has 1 aromatic heterocycles. The van der Waals surface area contributed by atoms with E-state index in [0.29, 0.717) is 17.5 Å². The SMILES string of the molecule is CC(Oc1ccc(F)cc1)c1nc(C2CNCCN2C)no1.Cl. The second kappa shape index (κ2) is 7.72. The van der Waals surface area contributed by atoms with Crippen LogP contribution in [0.3, 0.4) is 0 Å². The van der Waals surface area contributed by atoms with Gasteiger partial charge in [0.25, 0.3) is 5.89 Å². The molecule has 2 atom stereocenters. The lowest BCUT2D eigenvalue weighted by atomic mass is 10.2. The first-order valence-corrected chi connectivity index (χ1v) is 7.30. The van der Waals surface area contributed by atoms with Crippen LogP contribution in [0.1, 0.15) is 30.8 Å². The summed E-state index contributed by atoms with van der Waals surface area (Å²) in [5.74, 6) is 1.33. The van der Waals surface area contributed by atoms with Gasteiger partial charge in [-0.05, 0) is 38.2 Å². The number of ether oxygens (including phenoxy) is 1. The number of rotatable bonds is 4. The third kappa shape index (κ3) is 4.19. The van der Waals surface area contributed by atoms with Crippen LogP contribution in [0, 0.1) is 5.82 Å². The van der Waals surface area contributed by atoms with E-state index >= 15 is 0 Å². The van der Waals surface area contributed by atoms with Gasteiger partial charge in [0.05, 0.1) is 6.04 Å². The molecular weight excluding hydrogens is 323 g/mol. The minimum atomic E-state index is -0.395. The van der Waals surface area contributed by atoms with Crippen LogP contribution in [-0.2, 0) is 0 Å². The van der Waals surface area contributed by atoms with Crippen molar-refractivity contribution in [3.8, 4) is 5.75 Å². The zero-order valence-corrected chi connectivity index (χ0v) is 13.8. The maximum Gasteiger partial charge on any atom is 0.267 e. The molecule has 1 aromatic carbocycles. The Morgan fingerprint density at radius 1 is 1.39 bits per heavy atom. The van der Waals surface area contributed by atoms with E-state index in [0.717, 1.165) is 19.6 Å². The third-order valence-corrected chi connectivity index (χ3v) is 3.74. The van der Waals surface area contributed by atoms with E-state index in [1.54, 1.807) is 12.1 Å². The molecule has 126 valence electrons. The lowest BCUT2D eigenvalue weighted by Crippen LogP contribution is -2.44. The molecule has 0 spiro atoms. The standard InChI is InChI=1S/C15H19FN4O2.ClH/c1-10(21-12-5-3-11(16)4-6-12)15-18-14(19-22-15)13-9-17-7-8-20(13)2;/h3-6,10,13,17H,7-9H2,1-2H3;1H. The topological polar surface area (TPSA) is 63.4 Å². The fourth-order valence-electron chi connectivity index (χ4n) is 2.41. The number of hydrogen-bond donors (Lipinski definition) is 1. The highest BCUT2D eigenvalue weighted by molar-refractivity contribution is 5.85. The lowest BCUT2D eigenvalue weighted by molar-refractivity contribution is 0.173. The van der Waals surface area contributed by atoms with Gasteiger partial charge in [0.2, 0.25) is 0 Å². The third-order valence-electron chi connectivity index (χ3n) is 3.74. The maximum atomic E-state index is 12.9. The molecule has 2 unspecified atom stereocenters. The molecule has 0 aliphatic carbocycles. The van der Waals surface area contributed by atoms with Crippen LogP contribution in [0.4, 0.5) is 4.39 Å². The van der Waals surface area contributed by atoms with Crippen LogP contribution in [0.5, 0.6) is 5.75 Å². The van der Waals surface area contributed by atoms with Crippen molar-refractivity contribution in [2.45, 2.75) is 19.1 Å². The van der Waals surface area contributed by atoms with Crippen LogP contribution in [0.25, 0.3) is 0 Å². The highest BCUT2D eigenvalue weighted by Gasteiger charge is 2.26. The quantitative estimate of drug-likeness (QED) is 0.920. The van der Waals surface area contributed by atoms with Gasteiger partial charge >= 0.3 is 0 Å². The van der Waals surface area contributed by atoms with E-state index in [4.69, 9.17) is 9.26 Å². The predicted molar refractivity (Wildman–Crippen MR) is 85.2 cm³/mol. The first-order valence-electron chi connectivity index (χ1n) is 7.30. The molecule has 23 heavy (non-hydrogen) atoms. The Morgan fingerprint density at radius 2 is 2.13 bits per heavy atom. The average molecular weight is 343 g/mol. The number of nitrogens with zero attached hydrogens (tertiary/aromatic N) is 3. The molecule has 2 heterocycles. The molecule has 0 bridgehead atoms. The zero-order chi connectivity index (χ0) is 15.5. The Morgan fingerprint density at radius 3 is 2.83 bits per heavy atom. The molecule has 6 nitrogen and oxygen atoms in total. The van der Waals surface area contributed by atoms with Crippen LogP contribution < -0.4 is 10.1 Å². The smallest absolute Gasteiger partial charge is 0.267 e.